The molecule has 0 N–H and O–H groups in total. The zero-order valence-electron chi connectivity index (χ0n) is 5.69. The molecule has 10 heavy (non-hydrogen) atoms. The van der Waals surface area contributed by atoms with Gasteiger partial charge in [-0.15, -0.1) is 11.6 Å². The van der Waals surface area contributed by atoms with Gasteiger partial charge in [-0.2, -0.15) is 0 Å². The first kappa shape index (κ1) is 7.00. The van der Waals surface area contributed by atoms with Crippen LogP contribution in [0.15, 0.2) is 11.1 Å². The summed E-state index contributed by atoms with van der Waals surface area (Å²) >= 11 is 12.0. The van der Waals surface area contributed by atoms with E-state index >= 15 is 0 Å². The fraction of sp³-hybridized carbons (Fsp3) is 0.750. The summed E-state index contributed by atoms with van der Waals surface area (Å²) in [4.78, 5) is 0. The van der Waals surface area contributed by atoms with E-state index in [1.807, 2.05) is 0 Å². The Morgan fingerprint density at radius 3 is 3.00 bits per heavy atom. The van der Waals surface area contributed by atoms with Gasteiger partial charge in [-0.3, -0.25) is 0 Å². The molecule has 1 fully saturated rings. The van der Waals surface area contributed by atoms with Crippen LogP contribution in [0.1, 0.15) is 19.3 Å². The highest BCUT2D eigenvalue weighted by molar-refractivity contribution is 6.37. The van der Waals surface area contributed by atoms with Crippen LogP contribution in [0.25, 0.3) is 0 Å². The van der Waals surface area contributed by atoms with Crippen molar-refractivity contribution in [2.75, 3.05) is 0 Å². The average Bonchev–Trinajstić information content (AvgIpc) is 2.29. The van der Waals surface area contributed by atoms with E-state index < -0.39 is 0 Å². The summed E-state index contributed by atoms with van der Waals surface area (Å²) in [7, 11) is 0. The van der Waals surface area contributed by atoms with E-state index in [9.17, 15) is 0 Å². The number of allylic oxidation sites excluding steroid dienone is 2. The van der Waals surface area contributed by atoms with E-state index in [1.54, 1.807) is 0 Å². The second-order valence-electron chi connectivity index (χ2n) is 3.29. The van der Waals surface area contributed by atoms with E-state index in [0.717, 1.165) is 11.0 Å². The first-order valence-corrected chi connectivity index (χ1v) is 4.60. The van der Waals surface area contributed by atoms with Crippen LogP contribution in [-0.2, 0) is 0 Å². The number of fused-ring (bicyclic) bond motifs is 2. The summed E-state index contributed by atoms with van der Waals surface area (Å²) in [5.41, 5.74) is 0. The molecule has 0 radical (unpaired) electrons. The monoisotopic (exact) mass is 176 g/mol. The molecule has 0 saturated heterocycles. The number of alkyl halides is 1. The van der Waals surface area contributed by atoms with Gasteiger partial charge in [0.05, 0.1) is 5.38 Å². The minimum absolute atomic E-state index is 0.125. The van der Waals surface area contributed by atoms with Crippen LogP contribution in [0, 0.1) is 11.8 Å². The molecule has 0 heterocycles. The topological polar surface area (TPSA) is 0 Å². The molecule has 0 spiro atoms. The zero-order valence-corrected chi connectivity index (χ0v) is 7.20. The van der Waals surface area contributed by atoms with E-state index in [0.29, 0.717) is 5.92 Å². The molecule has 0 aromatic heterocycles. The normalized spacial score (nSPS) is 45.4. The van der Waals surface area contributed by atoms with E-state index in [1.165, 1.54) is 19.3 Å². The Balaban J connectivity index is 2.25. The molecular formula is C8H10Cl2. The van der Waals surface area contributed by atoms with Gasteiger partial charge in [-0.05, 0) is 31.1 Å². The molecule has 3 atom stereocenters. The van der Waals surface area contributed by atoms with Crippen LogP contribution in [0.3, 0.4) is 0 Å². The van der Waals surface area contributed by atoms with Crippen LogP contribution in [0.2, 0.25) is 0 Å². The highest BCUT2D eigenvalue weighted by Crippen LogP contribution is 2.44. The molecule has 1 unspecified atom stereocenters. The van der Waals surface area contributed by atoms with Crippen molar-refractivity contribution in [2.24, 2.45) is 11.8 Å². The zero-order chi connectivity index (χ0) is 7.14. The summed E-state index contributed by atoms with van der Waals surface area (Å²) < 4.78 is 0. The predicted octanol–water partition coefficient (Wildman–Crippen LogP) is 3.15. The Morgan fingerprint density at radius 2 is 2.20 bits per heavy atom. The van der Waals surface area contributed by atoms with Crippen molar-refractivity contribution in [3.05, 3.63) is 11.1 Å². The third-order valence-electron chi connectivity index (χ3n) is 2.59. The van der Waals surface area contributed by atoms with Gasteiger partial charge in [0.2, 0.25) is 0 Å². The van der Waals surface area contributed by atoms with E-state index in [-0.39, 0.29) is 5.38 Å². The SMILES string of the molecule is ClC1=C[C@@H]2CC[C@@H](C2)C1Cl. The molecule has 56 valence electrons. The van der Waals surface area contributed by atoms with Crippen molar-refractivity contribution in [3.8, 4) is 0 Å². The standard InChI is InChI=1S/C8H10Cl2/c9-7-4-5-1-2-6(3-5)8(7)10/h4-6,8H,1-3H2/t5-,6+,8?/m1/s1. The Hall–Kier alpha value is 0.320. The molecule has 2 heteroatoms. The molecular weight excluding hydrogens is 167 g/mol. The average molecular weight is 177 g/mol. The van der Waals surface area contributed by atoms with Gasteiger partial charge in [-0.1, -0.05) is 17.7 Å². The maximum Gasteiger partial charge on any atom is 0.0717 e. The maximum absolute atomic E-state index is 6.06. The van der Waals surface area contributed by atoms with Gasteiger partial charge < -0.3 is 0 Å². The fourth-order valence-corrected chi connectivity index (χ4v) is 2.67. The maximum atomic E-state index is 6.06. The second kappa shape index (κ2) is 2.42. The highest BCUT2D eigenvalue weighted by atomic mass is 35.5. The lowest BCUT2D eigenvalue weighted by molar-refractivity contribution is 0.520. The Labute approximate surface area is 71.2 Å². The van der Waals surface area contributed by atoms with Gasteiger partial charge >= 0.3 is 0 Å². The van der Waals surface area contributed by atoms with Crippen LogP contribution in [-0.4, -0.2) is 5.38 Å². The quantitative estimate of drug-likeness (QED) is 0.498. The molecule has 2 aliphatic rings. The van der Waals surface area contributed by atoms with Crippen molar-refractivity contribution in [2.45, 2.75) is 24.6 Å². The first-order valence-electron chi connectivity index (χ1n) is 3.78. The van der Waals surface area contributed by atoms with E-state index in [4.69, 9.17) is 23.2 Å². The number of hydrogen-bond acceptors (Lipinski definition) is 0. The summed E-state index contributed by atoms with van der Waals surface area (Å²) in [6, 6.07) is 0. The number of halogens is 2. The largest absolute Gasteiger partial charge is 0.117 e. The Kier molecular flexibility index (Phi) is 1.69. The molecule has 0 amide bonds. The summed E-state index contributed by atoms with van der Waals surface area (Å²) in [5, 5.41) is 1.01. The Morgan fingerprint density at radius 1 is 1.40 bits per heavy atom. The molecule has 2 rings (SSSR count). The molecule has 0 aliphatic heterocycles. The first-order chi connectivity index (χ1) is 4.77. The summed E-state index contributed by atoms with van der Waals surface area (Å²) in [6.07, 6.45) is 5.97. The van der Waals surface area contributed by atoms with Crippen molar-refractivity contribution < 1.29 is 0 Å². The molecule has 0 aromatic rings. The van der Waals surface area contributed by atoms with Crippen molar-refractivity contribution in [1.82, 2.24) is 0 Å². The lowest BCUT2D eigenvalue weighted by Gasteiger charge is -2.20. The van der Waals surface area contributed by atoms with Crippen molar-refractivity contribution in [3.63, 3.8) is 0 Å². The van der Waals surface area contributed by atoms with Crippen molar-refractivity contribution >= 4 is 23.2 Å². The van der Waals surface area contributed by atoms with Gasteiger partial charge in [0, 0.05) is 5.03 Å². The van der Waals surface area contributed by atoms with Crippen LogP contribution < -0.4 is 0 Å². The minimum Gasteiger partial charge on any atom is -0.117 e. The molecule has 1 saturated carbocycles. The molecule has 0 aromatic carbocycles. The predicted molar refractivity (Wildman–Crippen MR) is 44.4 cm³/mol. The van der Waals surface area contributed by atoms with Crippen LogP contribution in [0.4, 0.5) is 0 Å². The highest BCUT2D eigenvalue weighted by Gasteiger charge is 2.34. The molecule has 0 nitrogen and oxygen atoms in total. The van der Waals surface area contributed by atoms with Gasteiger partial charge in [-0.25, -0.2) is 0 Å². The number of hydrogen-bond donors (Lipinski definition) is 0. The molecule has 2 aliphatic carbocycles. The Bertz CT molecular complexity index is 174. The number of rotatable bonds is 0. The molecule has 2 bridgehead atoms. The third-order valence-corrected chi connectivity index (χ3v) is 3.65. The smallest absolute Gasteiger partial charge is 0.0717 e. The van der Waals surface area contributed by atoms with Gasteiger partial charge in [0.15, 0.2) is 0 Å². The fourth-order valence-electron chi connectivity index (χ4n) is 2.01. The summed E-state index contributed by atoms with van der Waals surface area (Å²) in [6.45, 7) is 0. The summed E-state index contributed by atoms with van der Waals surface area (Å²) in [5.74, 6) is 1.41. The lowest BCUT2D eigenvalue weighted by atomic mass is 9.95. The third kappa shape index (κ3) is 0.981. The van der Waals surface area contributed by atoms with Gasteiger partial charge in [0.1, 0.15) is 0 Å². The van der Waals surface area contributed by atoms with Gasteiger partial charge in [0.25, 0.3) is 0 Å². The van der Waals surface area contributed by atoms with Crippen LogP contribution in [0.5, 0.6) is 0 Å². The van der Waals surface area contributed by atoms with E-state index in [2.05, 4.69) is 6.08 Å². The lowest BCUT2D eigenvalue weighted by Crippen LogP contribution is -2.15. The van der Waals surface area contributed by atoms with Crippen molar-refractivity contribution in [1.29, 1.82) is 0 Å². The second-order valence-corrected chi connectivity index (χ2v) is 4.19. The minimum atomic E-state index is 0.125. The van der Waals surface area contributed by atoms with Crippen LogP contribution >= 0.6 is 23.2 Å².